The molecule has 0 aliphatic carbocycles. The average molecular weight is 369 g/mol. The molecule has 0 saturated heterocycles. The molecule has 0 bridgehead atoms. The van der Waals surface area contributed by atoms with Gasteiger partial charge in [0.1, 0.15) is 0 Å². The molecule has 2 aromatic carbocycles. The van der Waals surface area contributed by atoms with Gasteiger partial charge in [0, 0.05) is 6.54 Å². The van der Waals surface area contributed by atoms with Crippen molar-refractivity contribution in [2.24, 2.45) is 0 Å². The van der Waals surface area contributed by atoms with Crippen molar-refractivity contribution in [3.8, 4) is 0 Å². The first-order valence-corrected chi connectivity index (χ1v) is 9.15. The molecule has 0 aromatic heterocycles. The molecule has 0 saturated carbocycles. The molecular weight excluding hydrogens is 342 g/mol. The largest absolute Gasteiger partial charge is 0.452 e. The first-order valence-electron chi connectivity index (χ1n) is 9.15. The number of benzene rings is 2. The first-order chi connectivity index (χ1) is 13.0. The lowest BCUT2D eigenvalue weighted by atomic mass is 10.0. The molecule has 5 nitrogen and oxygen atoms in total. The van der Waals surface area contributed by atoms with Crippen LogP contribution in [-0.4, -0.2) is 31.1 Å². The van der Waals surface area contributed by atoms with Crippen molar-refractivity contribution in [3.05, 3.63) is 71.3 Å². The number of amides is 1. The van der Waals surface area contributed by atoms with Crippen molar-refractivity contribution < 1.29 is 19.1 Å². The van der Waals surface area contributed by atoms with Crippen molar-refractivity contribution >= 4 is 11.9 Å². The Balaban J connectivity index is 1.73. The second-order valence-corrected chi connectivity index (χ2v) is 6.75. The topological polar surface area (TPSA) is 64.6 Å². The van der Waals surface area contributed by atoms with E-state index in [1.165, 1.54) is 0 Å². The van der Waals surface area contributed by atoms with Gasteiger partial charge in [-0.3, -0.25) is 4.79 Å². The first kappa shape index (κ1) is 20.6. The van der Waals surface area contributed by atoms with E-state index in [9.17, 15) is 9.59 Å². The summed E-state index contributed by atoms with van der Waals surface area (Å²) in [5.41, 5.74) is 2.54. The minimum absolute atomic E-state index is 0.151. The van der Waals surface area contributed by atoms with Gasteiger partial charge in [-0.1, -0.05) is 49.4 Å². The molecule has 0 fully saturated rings. The minimum atomic E-state index is -0.516. The molecule has 1 N–H and O–H groups in total. The Morgan fingerprint density at radius 3 is 2.26 bits per heavy atom. The SMILES string of the molecule is CC(C)OCc1ccc(C(=O)OCC(=O)NC[C@H](C)c2ccccc2)cc1. The molecule has 0 unspecified atom stereocenters. The van der Waals surface area contributed by atoms with Gasteiger partial charge in [0.25, 0.3) is 5.91 Å². The highest BCUT2D eigenvalue weighted by atomic mass is 16.5. The lowest BCUT2D eigenvalue weighted by molar-refractivity contribution is -0.124. The number of hydrogen-bond acceptors (Lipinski definition) is 4. The predicted octanol–water partition coefficient (Wildman–Crippen LogP) is 3.69. The summed E-state index contributed by atoms with van der Waals surface area (Å²) in [6.07, 6.45) is 0.151. The maximum absolute atomic E-state index is 12.1. The molecule has 1 amide bonds. The zero-order valence-electron chi connectivity index (χ0n) is 16.1. The van der Waals surface area contributed by atoms with E-state index in [0.717, 1.165) is 11.1 Å². The molecule has 0 aliphatic heterocycles. The third-order valence-electron chi connectivity index (χ3n) is 4.08. The van der Waals surface area contributed by atoms with E-state index in [0.29, 0.717) is 18.7 Å². The normalized spacial score (nSPS) is 11.9. The smallest absolute Gasteiger partial charge is 0.338 e. The molecular formula is C22H27NO4. The third kappa shape index (κ3) is 7.23. The third-order valence-corrected chi connectivity index (χ3v) is 4.08. The number of rotatable bonds is 9. The van der Waals surface area contributed by atoms with E-state index in [1.807, 2.05) is 63.2 Å². The van der Waals surface area contributed by atoms with Crippen molar-refractivity contribution in [1.29, 1.82) is 0 Å². The van der Waals surface area contributed by atoms with Crippen molar-refractivity contribution in [1.82, 2.24) is 5.32 Å². The van der Waals surface area contributed by atoms with E-state index in [2.05, 4.69) is 5.32 Å². The van der Waals surface area contributed by atoms with Gasteiger partial charge in [-0.25, -0.2) is 4.79 Å². The van der Waals surface area contributed by atoms with Crippen LogP contribution in [0.25, 0.3) is 0 Å². The molecule has 5 heteroatoms. The fraction of sp³-hybridized carbons (Fsp3) is 0.364. The Labute approximate surface area is 160 Å². The van der Waals surface area contributed by atoms with E-state index >= 15 is 0 Å². The highest BCUT2D eigenvalue weighted by Gasteiger charge is 2.12. The highest BCUT2D eigenvalue weighted by Crippen LogP contribution is 2.13. The molecule has 0 spiro atoms. The van der Waals surface area contributed by atoms with E-state index in [4.69, 9.17) is 9.47 Å². The average Bonchev–Trinajstić information content (AvgIpc) is 2.69. The number of ether oxygens (including phenoxy) is 2. The van der Waals surface area contributed by atoms with Gasteiger partial charge in [0.15, 0.2) is 6.61 Å². The summed E-state index contributed by atoms with van der Waals surface area (Å²) < 4.78 is 10.6. The summed E-state index contributed by atoms with van der Waals surface area (Å²) in [6.45, 7) is 6.67. The second-order valence-electron chi connectivity index (χ2n) is 6.75. The van der Waals surface area contributed by atoms with Crippen LogP contribution >= 0.6 is 0 Å². The highest BCUT2D eigenvalue weighted by molar-refractivity contribution is 5.91. The van der Waals surface area contributed by atoms with Crippen LogP contribution in [-0.2, 0) is 20.9 Å². The number of carbonyl (C=O) groups is 2. The van der Waals surface area contributed by atoms with Crippen LogP contribution in [0.3, 0.4) is 0 Å². The molecule has 0 aliphatic rings. The Kier molecular flexibility index (Phi) is 8.01. The van der Waals surface area contributed by atoms with Gasteiger partial charge in [-0.15, -0.1) is 0 Å². The van der Waals surface area contributed by atoms with Crippen LogP contribution < -0.4 is 5.32 Å². The Hall–Kier alpha value is -2.66. The summed E-state index contributed by atoms with van der Waals surface area (Å²) in [5.74, 6) is -0.642. The predicted molar refractivity (Wildman–Crippen MR) is 105 cm³/mol. The van der Waals surface area contributed by atoms with E-state index in [1.54, 1.807) is 12.1 Å². The van der Waals surface area contributed by atoms with Crippen LogP contribution in [0.4, 0.5) is 0 Å². The van der Waals surface area contributed by atoms with Crippen LogP contribution in [0.5, 0.6) is 0 Å². The van der Waals surface area contributed by atoms with Gasteiger partial charge in [0.05, 0.1) is 18.3 Å². The summed E-state index contributed by atoms with van der Waals surface area (Å²) in [7, 11) is 0. The fourth-order valence-electron chi connectivity index (χ4n) is 2.43. The lowest BCUT2D eigenvalue weighted by Gasteiger charge is -2.13. The van der Waals surface area contributed by atoms with Gasteiger partial charge < -0.3 is 14.8 Å². The lowest BCUT2D eigenvalue weighted by Crippen LogP contribution is -2.31. The molecule has 0 radical (unpaired) electrons. The monoisotopic (exact) mass is 369 g/mol. The molecule has 2 aromatic rings. The van der Waals surface area contributed by atoms with Crippen LogP contribution in [0.2, 0.25) is 0 Å². The molecule has 1 atom stereocenters. The van der Waals surface area contributed by atoms with Crippen LogP contribution in [0, 0.1) is 0 Å². The van der Waals surface area contributed by atoms with Crippen molar-refractivity contribution in [2.45, 2.75) is 39.4 Å². The van der Waals surface area contributed by atoms with Gasteiger partial charge in [0.2, 0.25) is 0 Å². The zero-order valence-corrected chi connectivity index (χ0v) is 16.1. The molecule has 0 heterocycles. The maximum Gasteiger partial charge on any atom is 0.338 e. The van der Waals surface area contributed by atoms with Gasteiger partial charge in [-0.05, 0) is 43.0 Å². The Bertz CT molecular complexity index is 726. The second kappa shape index (κ2) is 10.5. The van der Waals surface area contributed by atoms with Crippen molar-refractivity contribution in [2.75, 3.05) is 13.2 Å². The summed E-state index contributed by atoms with van der Waals surface area (Å²) >= 11 is 0. The Morgan fingerprint density at radius 1 is 0.963 bits per heavy atom. The molecule has 27 heavy (non-hydrogen) atoms. The standard InChI is InChI=1S/C22H27NO4/c1-16(2)26-14-18-9-11-20(12-10-18)22(25)27-15-21(24)23-13-17(3)19-7-5-4-6-8-19/h4-12,16-17H,13-15H2,1-3H3,(H,23,24)/t17-/m0/s1. The zero-order chi connectivity index (χ0) is 19.6. The number of nitrogens with one attached hydrogen (secondary N) is 1. The van der Waals surface area contributed by atoms with Gasteiger partial charge >= 0.3 is 5.97 Å². The number of esters is 1. The maximum atomic E-state index is 12.1. The van der Waals surface area contributed by atoms with Gasteiger partial charge in [-0.2, -0.15) is 0 Å². The Morgan fingerprint density at radius 2 is 1.63 bits per heavy atom. The quantitative estimate of drug-likeness (QED) is 0.685. The van der Waals surface area contributed by atoms with E-state index < -0.39 is 5.97 Å². The van der Waals surface area contributed by atoms with Crippen LogP contribution in [0.1, 0.15) is 48.2 Å². The minimum Gasteiger partial charge on any atom is -0.452 e. The summed E-state index contributed by atoms with van der Waals surface area (Å²) in [5, 5.41) is 2.79. The summed E-state index contributed by atoms with van der Waals surface area (Å²) in [6, 6.07) is 16.9. The van der Waals surface area contributed by atoms with Crippen molar-refractivity contribution in [3.63, 3.8) is 0 Å². The molecule has 144 valence electrons. The molecule has 2 rings (SSSR count). The van der Waals surface area contributed by atoms with E-state index in [-0.39, 0.29) is 24.5 Å². The summed E-state index contributed by atoms with van der Waals surface area (Å²) in [4.78, 5) is 24.0. The van der Waals surface area contributed by atoms with Crippen LogP contribution in [0.15, 0.2) is 54.6 Å². The fourth-order valence-corrected chi connectivity index (χ4v) is 2.43. The number of hydrogen-bond donors (Lipinski definition) is 1. The number of carbonyl (C=O) groups excluding carboxylic acids is 2.